The Balaban J connectivity index is 2.07. The summed E-state index contributed by atoms with van der Waals surface area (Å²) in [5.74, 6) is -0.381. The van der Waals surface area contributed by atoms with Gasteiger partial charge in [0.15, 0.2) is 0 Å². The molecule has 0 saturated heterocycles. The highest BCUT2D eigenvalue weighted by atomic mass is 16.2. The minimum atomic E-state index is -0.271. The van der Waals surface area contributed by atoms with Crippen LogP contribution in [0.15, 0.2) is 48.7 Å². The first-order valence-corrected chi connectivity index (χ1v) is 8.73. The van der Waals surface area contributed by atoms with Crippen LogP contribution in [0.5, 0.6) is 0 Å². The van der Waals surface area contributed by atoms with Crippen molar-refractivity contribution in [3.63, 3.8) is 0 Å². The molecule has 0 aliphatic carbocycles. The van der Waals surface area contributed by atoms with Crippen molar-refractivity contribution >= 4 is 11.8 Å². The molecule has 2 rings (SSSR count). The van der Waals surface area contributed by atoms with Gasteiger partial charge in [-0.1, -0.05) is 30.3 Å². The van der Waals surface area contributed by atoms with Gasteiger partial charge in [-0.2, -0.15) is 0 Å². The number of amides is 2. The third-order valence-corrected chi connectivity index (χ3v) is 3.97. The van der Waals surface area contributed by atoms with Crippen LogP contribution in [0, 0.1) is 0 Å². The van der Waals surface area contributed by atoms with Crippen molar-refractivity contribution in [2.75, 3.05) is 33.7 Å². The molecule has 6 nitrogen and oxygen atoms in total. The van der Waals surface area contributed by atoms with Crippen LogP contribution in [-0.2, 0) is 6.54 Å². The molecule has 1 aromatic heterocycles. The van der Waals surface area contributed by atoms with Crippen molar-refractivity contribution in [3.8, 4) is 0 Å². The van der Waals surface area contributed by atoms with E-state index in [9.17, 15) is 9.59 Å². The number of benzene rings is 1. The molecule has 1 aromatic carbocycles. The Morgan fingerprint density at radius 2 is 1.85 bits per heavy atom. The Labute approximate surface area is 154 Å². The van der Waals surface area contributed by atoms with E-state index in [0.717, 1.165) is 12.1 Å². The second-order valence-corrected chi connectivity index (χ2v) is 6.29. The first-order chi connectivity index (χ1) is 12.5. The molecule has 0 saturated carbocycles. The summed E-state index contributed by atoms with van der Waals surface area (Å²) in [6, 6.07) is 13.0. The lowest BCUT2D eigenvalue weighted by atomic mass is 10.1. The maximum Gasteiger partial charge on any atom is 0.269 e. The lowest BCUT2D eigenvalue weighted by Crippen LogP contribution is -2.33. The number of nitrogens with zero attached hydrogens (tertiary/aromatic N) is 3. The van der Waals surface area contributed by atoms with E-state index in [1.165, 1.54) is 6.20 Å². The van der Waals surface area contributed by atoms with Crippen LogP contribution in [0.2, 0.25) is 0 Å². The number of pyridine rings is 1. The van der Waals surface area contributed by atoms with E-state index in [1.54, 1.807) is 17.0 Å². The van der Waals surface area contributed by atoms with Crippen molar-refractivity contribution in [2.24, 2.45) is 0 Å². The monoisotopic (exact) mass is 354 g/mol. The summed E-state index contributed by atoms with van der Waals surface area (Å²) in [6.07, 6.45) is 1.50. The molecule has 6 heteroatoms. The summed E-state index contributed by atoms with van der Waals surface area (Å²) in [7, 11) is 3.88. The van der Waals surface area contributed by atoms with Gasteiger partial charge in [0.1, 0.15) is 5.69 Å². The highest BCUT2D eigenvalue weighted by Crippen LogP contribution is 2.11. The molecule has 26 heavy (non-hydrogen) atoms. The molecular weight excluding hydrogens is 328 g/mol. The third kappa shape index (κ3) is 5.67. The predicted molar refractivity (Wildman–Crippen MR) is 102 cm³/mol. The van der Waals surface area contributed by atoms with Crippen LogP contribution in [0.4, 0.5) is 0 Å². The molecule has 0 unspecified atom stereocenters. The van der Waals surface area contributed by atoms with E-state index in [1.807, 2.05) is 56.3 Å². The van der Waals surface area contributed by atoms with Gasteiger partial charge < -0.3 is 15.1 Å². The molecule has 0 aliphatic rings. The Morgan fingerprint density at radius 1 is 1.12 bits per heavy atom. The lowest BCUT2D eigenvalue weighted by Gasteiger charge is -2.21. The van der Waals surface area contributed by atoms with Crippen molar-refractivity contribution < 1.29 is 9.59 Å². The Morgan fingerprint density at radius 3 is 2.50 bits per heavy atom. The molecule has 0 atom stereocenters. The maximum atomic E-state index is 12.8. The zero-order valence-electron chi connectivity index (χ0n) is 15.6. The fraction of sp³-hybridized carbons (Fsp3) is 0.350. The third-order valence-electron chi connectivity index (χ3n) is 3.97. The largest absolute Gasteiger partial charge is 0.349 e. The second kappa shape index (κ2) is 9.68. The zero-order valence-corrected chi connectivity index (χ0v) is 15.6. The number of carbonyl (C=O) groups excluding carboxylic acids is 2. The van der Waals surface area contributed by atoms with Gasteiger partial charge in [0.05, 0.1) is 0 Å². The Kier molecular flexibility index (Phi) is 7.29. The van der Waals surface area contributed by atoms with Gasteiger partial charge in [-0.15, -0.1) is 0 Å². The molecule has 1 N–H and O–H groups in total. The summed E-state index contributed by atoms with van der Waals surface area (Å²) in [6.45, 7) is 4.33. The fourth-order valence-corrected chi connectivity index (χ4v) is 2.48. The highest BCUT2D eigenvalue weighted by Gasteiger charge is 2.17. The summed E-state index contributed by atoms with van der Waals surface area (Å²) >= 11 is 0. The molecule has 2 aromatic rings. The molecule has 138 valence electrons. The van der Waals surface area contributed by atoms with Gasteiger partial charge in [-0.05, 0) is 38.7 Å². The fourth-order valence-electron chi connectivity index (χ4n) is 2.48. The number of hydrogen-bond donors (Lipinski definition) is 1. The topological polar surface area (TPSA) is 65.5 Å². The van der Waals surface area contributed by atoms with E-state index >= 15 is 0 Å². The van der Waals surface area contributed by atoms with Gasteiger partial charge >= 0.3 is 0 Å². The number of hydrogen-bond acceptors (Lipinski definition) is 4. The summed E-state index contributed by atoms with van der Waals surface area (Å²) < 4.78 is 0. The Bertz CT molecular complexity index is 732. The summed E-state index contributed by atoms with van der Waals surface area (Å²) in [4.78, 5) is 32.9. The average Bonchev–Trinajstić information content (AvgIpc) is 2.66. The predicted octanol–water partition coefficient (Wildman–Crippen LogP) is 2.04. The Hall–Kier alpha value is -2.73. The minimum Gasteiger partial charge on any atom is -0.349 e. The molecule has 0 spiro atoms. The van der Waals surface area contributed by atoms with Crippen molar-refractivity contribution in [2.45, 2.75) is 13.5 Å². The van der Waals surface area contributed by atoms with E-state index in [2.05, 4.69) is 10.3 Å². The van der Waals surface area contributed by atoms with E-state index in [0.29, 0.717) is 25.2 Å². The van der Waals surface area contributed by atoms with Crippen molar-refractivity contribution in [1.82, 2.24) is 20.1 Å². The summed E-state index contributed by atoms with van der Waals surface area (Å²) in [5, 5.41) is 2.81. The molecular formula is C20H26N4O2. The number of carbonyl (C=O) groups is 2. The maximum absolute atomic E-state index is 12.8. The van der Waals surface area contributed by atoms with E-state index in [4.69, 9.17) is 0 Å². The minimum absolute atomic E-state index is 0.110. The second-order valence-electron chi connectivity index (χ2n) is 6.29. The van der Waals surface area contributed by atoms with Crippen LogP contribution in [0.3, 0.4) is 0 Å². The van der Waals surface area contributed by atoms with Gasteiger partial charge in [0.25, 0.3) is 11.8 Å². The zero-order chi connectivity index (χ0) is 18.9. The van der Waals surface area contributed by atoms with Gasteiger partial charge in [-0.25, -0.2) is 0 Å². The highest BCUT2D eigenvalue weighted by molar-refractivity contribution is 5.98. The van der Waals surface area contributed by atoms with Gasteiger partial charge in [0, 0.05) is 37.9 Å². The lowest BCUT2D eigenvalue weighted by molar-refractivity contribution is 0.0752. The van der Waals surface area contributed by atoms with E-state index < -0.39 is 0 Å². The number of nitrogens with one attached hydrogen (secondary N) is 1. The smallest absolute Gasteiger partial charge is 0.269 e. The number of rotatable bonds is 8. The number of aromatic nitrogens is 1. The van der Waals surface area contributed by atoms with Crippen molar-refractivity contribution in [3.05, 3.63) is 65.5 Å². The van der Waals surface area contributed by atoms with Crippen LogP contribution in [0.25, 0.3) is 0 Å². The van der Waals surface area contributed by atoms with Crippen LogP contribution >= 0.6 is 0 Å². The molecule has 0 fully saturated rings. The first-order valence-electron chi connectivity index (χ1n) is 8.73. The molecule has 0 aliphatic heterocycles. The van der Waals surface area contributed by atoms with Crippen LogP contribution < -0.4 is 5.32 Å². The van der Waals surface area contributed by atoms with Crippen molar-refractivity contribution in [1.29, 1.82) is 0 Å². The first kappa shape index (κ1) is 19.6. The standard InChI is InChI=1S/C20H26N4O2/c1-4-24(15-16-8-6-5-7-9-16)20(26)17-10-11-21-18(14-17)19(25)22-12-13-23(2)3/h5-11,14H,4,12-13,15H2,1-3H3,(H,22,25). The molecule has 0 bridgehead atoms. The molecule has 1 heterocycles. The van der Waals surface area contributed by atoms with E-state index in [-0.39, 0.29) is 17.5 Å². The molecule has 2 amide bonds. The van der Waals surface area contributed by atoms with Gasteiger partial charge in [0.2, 0.25) is 0 Å². The SMILES string of the molecule is CCN(Cc1ccccc1)C(=O)c1ccnc(C(=O)NCCN(C)C)c1. The van der Waals surface area contributed by atoms with Gasteiger partial charge in [-0.3, -0.25) is 14.6 Å². The van der Waals surface area contributed by atoms with Crippen LogP contribution in [-0.4, -0.2) is 60.3 Å². The molecule has 0 radical (unpaired) electrons. The normalized spacial score (nSPS) is 10.6. The van der Waals surface area contributed by atoms with Crippen LogP contribution in [0.1, 0.15) is 33.3 Å². The number of likely N-dealkylation sites (N-methyl/N-ethyl adjacent to an activating group) is 1. The average molecular weight is 354 g/mol. The summed E-state index contributed by atoms with van der Waals surface area (Å²) in [5.41, 5.74) is 1.79. The quantitative estimate of drug-likeness (QED) is 0.788.